The number of anilines is 1. The van der Waals surface area contributed by atoms with Gasteiger partial charge in [-0.05, 0) is 56.9 Å². The first-order chi connectivity index (χ1) is 10.2. The van der Waals surface area contributed by atoms with Crippen molar-refractivity contribution in [1.29, 1.82) is 0 Å². The number of likely N-dealkylation sites (N-methyl/N-ethyl adjacent to an activating group) is 1. The van der Waals surface area contributed by atoms with E-state index >= 15 is 0 Å². The highest BCUT2D eigenvalue weighted by Crippen LogP contribution is 2.21. The summed E-state index contributed by atoms with van der Waals surface area (Å²) in [6.07, 6.45) is 1.16. The van der Waals surface area contributed by atoms with Gasteiger partial charge in [-0.3, -0.25) is 10.3 Å². The topological polar surface area (TPSA) is 63.7 Å². The van der Waals surface area contributed by atoms with Gasteiger partial charge in [0, 0.05) is 17.2 Å². The Morgan fingerprint density at radius 3 is 2.68 bits per heavy atom. The molecular formula is C15H24BrN3O3. The minimum Gasteiger partial charge on any atom is -0.444 e. The lowest BCUT2D eigenvalue weighted by molar-refractivity contribution is 0.0635. The zero-order valence-electron chi connectivity index (χ0n) is 13.8. The number of hydrogen-bond acceptors (Lipinski definition) is 5. The van der Waals surface area contributed by atoms with Crippen LogP contribution in [0, 0.1) is 0 Å². The molecular weight excluding hydrogens is 350 g/mol. The number of ether oxygens (including phenoxy) is 2. The second-order valence-electron chi connectivity index (χ2n) is 6.13. The maximum absolute atomic E-state index is 11.9. The van der Waals surface area contributed by atoms with Gasteiger partial charge in [-0.1, -0.05) is 0 Å². The highest BCUT2D eigenvalue weighted by atomic mass is 79.9. The van der Waals surface area contributed by atoms with Crippen LogP contribution >= 0.6 is 15.9 Å². The molecule has 0 unspecified atom stereocenters. The smallest absolute Gasteiger partial charge is 0.412 e. The van der Waals surface area contributed by atoms with E-state index in [9.17, 15) is 4.79 Å². The second kappa shape index (κ2) is 8.45. The van der Waals surface area contributed by atoms with Gasteiger partial charge in [0.15, 0.2) is 0 Å². The average molecular weight is 374 g/mol. The van der Waals surface area contributed by atoms with Crippen LogP contribution in [0.1, 0.15) is 26.5 Å². The molecule has 7 heteroatoms. The molecule has 6 nitrogen and oxygen atoms in total. The summed E-state index contributed by atoms with van der Waals surface area (Å²) in [5.74, 6) is 0. The van der Waals surface area contributed by atoms with Crippen LogP contribution in [-0.2, 0) is 16.1 Å². The Labute approximate surface area is 140 Å². The summed E-state index contributed by atoms with van der Waals surface area (Å²) in [7, 11) is 3.97. The van der Waals surface area contributed by atoms with Crippen molar-refractivity contribution in [2.45, 2.75) is 33.0 Å². The SMILES string of the molecule is CN(C)CCOCc1ncc(Br)cc1NC(=O)OC(C)(C)C. The van der Waals surface area contributed by atoms with E-state index in [1.54, 1.807) is 12.3 Å². The molecule has 0 bridgehead atoms. The number of amides is 1. The number of rotatable bonds is 6. The van der Waals surface area contributed by atoms with Gasteiger partial charge in [0.25, 0.3) is 0 Å². The van der Waals surface area contributed by atoms with Crippen molar-refractivity contribution >= 4 is 27.7 Å². The zero-order valence-corrected chi connectivity index (χ0v) is 15.4. The molecule has 1 rings (SSSR count). The Morgan fingerprint density at radius 2 is 2.09 bits per heavy atom. The van der Waals surface area contributed by atoms with E-state index in [-0.39, 0.29) is 0 Å². The lowest BCUT2D eigenvalue weighted by atomic mass is 10.2. The molecule has 0 radical (unpaired) electrons. The Hall–Kier alpha value is -1.18. The fraction of sp³-hybridized carbons (Fsp3) is 0.600. The van der Waals surface area contributed by atoms with Crippen molar-refractivity contribution < 1.29 is 14.3 Å². The Balaban J connectivity index is 2.68. The summed E-state index contributed by atoms with van der Waals surface area (Å²) in [6, 6.07) is 1.78. The molecule has 1 amide bonds. The van der Waals surface area contributed by atoms with E-state index in [1.165, 1.54) is 0 Å². The van der Waals surface area contributed by atoms with Crippen molar-refractivity contribution in [2.75, 3.05) is 32.6 Å². The molecule has 22 heavy (non-hydrogen) atoms. The number of pyridine rings is 1. The fourth-order valence-electron chi connectivity index (χ4n) is 1.52. The maximum atomic E-state index is 11.9. The van der Waals surface area contributed by atoms with Gasteiger partial charge in [0.05, 0.1) is 24.6 Å². The van der Waals surface area contributed by atoms with E-state index in [0.29, 0.717) is 24.6 Å². The molecule has 0 aliphatic heterocycles. The molecule has 124 valence electrons. The van der Waals surface area contributed by atoms with Crippen molar-refractivity contribution in [3.05, 3.63) is 22.4 Å². The number of hydrogen-bond donors (Lipinski definition) is 1. The van der Waals surface area contributed by atoms with E-state index < -0.39 is 11.7 Å². The summed E-state index contributed by atoms with van der Waals surface area (Å²) in [5.41, 5.74) is 0.688. The van der Waals surface area contributed by atoms with Crippen molar-refractivity contribution in [3.8, 4) is 0 Å². The lowest BCUT2D eigenvalue weighted by Gasteiger charge is -2.20. The molecule has 0 saturated heterocycles. The fourth-order valence-corrected chi connectivity index (χ4v) is 1.85. The van der Waals surface area contributed by atoms with Gasteiger partial charge >= 0.3 is 6.09 Å². The number of nitrogens with one attached hydrogen (secondary N) is 1. The van der Waals surface area contributed by atoms with Crippen LogP contribution in [0.15, 0.2) is 16.7 Å². The lowest BCUT2D eigenvalue weighted by Crippen LogP contribution is -2.27. The summed E-state index contributed by atoms with van der Waals surface area (Å²) < 4.78 is 11.6. The van der Waals surface area contributed by atoms with Crippen LogP contribution in [0.25, 0.3) is 0 Å². The Kier molecular flexibility index (Phi) is 7.25. The summed E-state index contributed by atoms with van der Waals surface area (Å²) >= 11 is 3.35. The van der Waals surface area contributed by atoms with Crippen LogP contribution < -0.4 is 5.32 Å². The Morgan fingerprint density at radius 1 is 1.41 bits per heavy atom. The third-order valence-corrected chi connectivity index (χ3v) is 2.93. The number of carbonyl (C=O) groups excluding carboxylic acids is 1. The van der Waals surface area contributed by atoms with Crippen LogP contribution in [0.3, 0.4) is 0 Å². The van der Waals surface area contributed by atoms with Crippen molar-refractivity contribution in [2.24, 2.45) is 0 Å². The molecule has 0 atom stereocenters. The van der Waals surface area contributed by atoms with Crippen LogP contribution in [0.4, 0.5) is 10.5 Å². The molecule has 0 fully saturated rings. The van der Waals surface area contributed by atoms with Crippen molar-refractivity contribution in [1.82, 2.24) is 9.88 Å². The van der Waals surface area contributed by atoms with Gasteiger partial charge in [0.2, 0.25) is 0 Å². The monoisotopic (exact) mass is 373 g/mol. The number of carbonyl (C=O) groups is 1. The molecule has 1 aromatic rings. The molecule has 0 aliphatic carbocycles. The minimum absolute atomic E-state index is 0.326. The standard InChI is InChI=1S/C15H24BrN3O3/c1-15(2,3)22-14(20)18-12-8-11(16)9-17-13(12)10-21-7-6-19(4)5/h8-9H,6-7,10H2,1-5H3,(H,18,20). The first-order valence-corrected chi connectivity index (χ1v) is 7.83. The number of halogens is 1. The number of nitrogens with zero attached hydrogens (tertiary/aromatic N) is 2. The highest BCUT2D eigenvalue weighted by molar-refractivity contribution is 9.10. The number of aromatic nitrogens is 1. The van der Waals surface area contributed by atoms with E-state index in [1.807, 2.05) is 39.8 Å². The van der Waals surface area contributed by atoms with Gasteiger partial charge in [0.1, 0.15) is 5.60 Å². The van der Waals surface area contributed by atoms with Gasteiger partial charge in [-0.25, -0.2) is 4.79 Å². The highest BCUT2D eigenvalue weighted by Gasteiger charge is 2.17. The largest absolute Gasteiger partial charge is 0.444 e. The normalized spacial score (nSPS) is 11.6. The molecule has 0 spiro atoms. The molecule has 1 aromatic heterocycles. The van der Waals surface area contributed by atoms with E-state index in [4.69, 9.17) is 9.47 Å². The first kappa shape index (κ1) is 18.9. The second-order valence-corrected chi connectivity index (χ2v) is 7.05. The summed E-state index contributed by atoms with van der Waals surface area (Å²) in [5, 5.41) is 2.71. The van der Waals surface area contributed by atoms with Gasteiger partial charge < -0.3 is 14.4 Å². The maximum Gasteiger partial charge on any atom is 0.412 e. The van der Waals surface area contributed by atoms with Gasteiger partial charge in [-0.15, -0.1) is 0 Å². The Bertz CT molecular complexity index is 501. The predicted molar refractivity (Wildman–Crippen MR) is 90.0 cm³/mol. The summed E-state index contributed by atoms with van der Waals surface area (Å²) in [4.78, 5) is 18.2. The molecule has 1 N–H and O–H groups in total. The van der Waals surface area contributed by atoms with Crippen molar-refractivity contribution in [3.63, 3.8) is 0 Å². The molecule has 0 saturated carbocycles. The summed E-state index contributed by atoms with van der Waals surface area (Å²) in [6.45, 7) is 7.19. The quantitative estimate of drug-likeness (QED) is 0.775. The van der Waals surface area contributed by atoms with Crippen LogP contribution in [-0.4, -0.2) is 48.8 Å². The predicted octanol–water partition coefficient (Wildman–Crippen LogP) is 3.27. The van der Waals surface area contributed by atoms with E-state index in [0.717, 1.165) is 11.0 Å². The molecule has 1 heterocycles. The minimum atomic E-state index is -0.550. The zero-order chi connectivity index (χ0) is 16.8. The van der Waals surface area contributed by atoms with E-state index in [2.05, 4.69) is 26.2 Å². The average Bonchev–Trinajstić information content (AvgIpc) is 2.34. The molecule has 0 aromatic carbocycles. The third-order valence-electron chi connectivity index (χ3n) is 2.49. The van der Waals surface area contributed by atoms with Crippen LogP contribution in [0.2, 0.25) is 0 Å². The third kappa shape index (κ3) is 7.72. The van der Waals surface area contributed by atoms with Gasteiger partial charge in [-0.2, -0.15) is 0 Å². The molecule has 0 aliphatic rings. The first-order valence-electron chi connectivity index (χ1n) is 7.04. The van der Waals surface area contributed by atoms with Crippen LogP contribution in [0.5, 0.6) is 0 Å².